The Labute approximate surface area is 126 Å². The number of nitrogens with two attached hydrogens (primary N) is 1. The average molecular weight is 292 g/mol. The number of rotatable bonds is 3. The lowest BCUT2D eigenvalue weighted by Gasteiger charge is -2.37. The smallest absolute Gasteiger partial charge is 0.251 e. The second-order valence-electron chi connectivity index (χ2n) is 6.64. The normalized spacial score (nSPS) is 25.9. The van der Waals surface area contributed by atoms with Crippen LogP contribution in [0.2, 0.25) is 0 Å². The summed E-state index contributed by atoms with van der Waals surface area (Å²) in [5.41, 5.74) is 5.85. The van der Waals surface area contributed by atoms with Gasteiger partial charge in [0.2, 0.25) is 0 Å². The van der Waals surface area contributed by atoms with E-state index in [1.165, 1.54) is 18.6 Å². The van der Waals surface area contributed by atoms with Crippen LogP contribution in [0.25, 0.3) is 0 Å². The highest BCUT2D eigenvalue weighted by atomic mass is 19.1. The molecule has 0 aliphatic heterocycles. The van der Waals surface area contributed by atoms with Gasteiger partial charge in [-0.3, -0.25) is 4.79 Å². The molecule has 0 radical (unpaired) electrons. The summed E-state index contributed by atoms with van der Waals surface area (Å²) in [6.07, 6.45) is 3.34. The first-order chi connectivity index (χ1) is 9.88. The van der Waals surface area contributed by atoms with E-state index in [0.29, 0.717) is 23.3 Å². The number of amides is 1. The van der Waals surface area contributed by atoms with Crippen molar-refractivity contribution in [2.45, 2.75) is 46.1 Å². The number of hydrogen-bond acceptors (Lipinski definition) is 2. The van der Waals surface area contributed by atoms with Gasteiger partial charge in [0.05, 0.1) is 5.69 Å². The van der Waals surface area contributed by atoms with Gasteiger partial charge in [-0.2, -0.15) is 0 Å². The summed E-state index contributed by atoms with van der Waals surface area (Å²) in [4.78, 5) is 12.3. The number of hydrogen-bond donors (Lipinski definition) is 2. The molecule has 3 atom stereocenters. The predicted octanol–water partition coefficient (Wildman–Crippen LogP) is 3.60. The van der Waals surface area contributed by atoms with Crippen LogP contribution in [0, 0.1) is 23.6 Å². The molecule has 1 aliphatic carbocycles. The minimum absolute atomic E-state index is 0.0675. The summed E-state index contributed by atoms with van der Waals surface area (Å²) in [7, 11) is 0. The van der Waals surface area contributed by atoms with E-state index in [1.807, 2.05) is 0 Å². The van der Waals surface area contributed by atoms with Crippen molar-refractivity contribution in [3.05, 3.63) is 29.6 Å². The maximum atomic E-state index is 13.5. The van der Waals surface area contributed by atoms with Crippen LogP contribution in [0.5, 0.6) is 0 Å². The van der Waals surface area contributed by atoms with Crippen molar-refractivity contribution in [1.82, 2.24) is 5.32 Å². The van der Waals surface area contributed by atoms with E-state index in [-0.39, 0.29) is 17.6 Å². The molecule has 0 saturated heterocycles. The van der Waals surface area contributed by atoms with Crippen molar-refractivity contribution in [3.8, 4) is 0 Å². The largest absolute Gasteiger partial charge is 0.396 e. The zero-order valence-electron chi connectivity index (χ0n) is 13.0. The highest BCUT2D eigenvalue weighted by Crippen LogP contribution is 2.33. The lowest BCUT2D eigenvalue weighted by Crippen LogP contribution is -2.45. The molecule has 1 aliphatic rings. The SMILES string of the molecule is CC1CCC(C(C)C)C(NC(=O)c2ccc(N)c(F)c2)C1. The molecule has 0 spiro atoms. The van der Waals surface area contributed by atoms with E-state index in [9.17, 15) is 9.18 Å². The Morgan fingerprint density at radius 1 is 1.38 bits per heavy atom. The number of anilines is 1. The molecule has 0 bridgehead atoms. The van der Waals surface area contributed by atoms with Crippen molar-refractivity contribution in [2.75, 3.05) is 5.73 Å². The van der Waals surface area contributed by atoms with Crippen molar-refractivity contribution >= 4 is 11.6 Å². The van der Waals surface area contributed by atoms with Gasteiger partial charge in [0.25, 0.3) is 5.91 Å². The minimum atomic E-state index is -0.542. The number of nitrogen functional groups attached to an aromatic ring is 1. The first-order valence-electron chi connectivity index (χ1n) is 7.74. The fraction of sp³-hybridized carbons (Fsp3) is 0.588. The summed E-state index contributed by atoms with van der Waals surface area (Å²) in [5.74, 6) is 0.891. The Balaban J connectivity index is 2.10. The lowest BCUT2D eigenvalue weighted by atomic mass is 9.74. The van der Waals surface area contributed by atoms with Crippen LogP contribution in [0.15, 0.2) is 18.2 Å². The summed E-state index contributed by atoms with van der Waals surface area (Å²) in [6, 6.07) is 4.39. The Kier molecular flexibility index (Phi) is 4.86. The Morgan fingerprint density at radius 2 is 2.10 bits per heavy atom. The van der Waals surface area contributed by atoms with E-state index in [4.69, 9.17) is 5.73 Å². The van der Waals surface area contributed by atoms with Gasteiger partial charge in [-0.15, -0.1) is 0 Å². The van der Waals surface area contributed by atoms with E-state index in [2.05, 4.69) is 26.1 Å². The maximum Gasteiger partial charge on any atom is 0.251 e. The van der Waals surface area contributed by atoms with Gasteiger partial charge in [-0.05, 0) is 48.8 Å². The molecule has 1 aromatic rings. The monoisotopic (exact) mass is 292 g/mol. The molecule has 0 heterocycles. The molecule has 4 heteroatoms. The lowest BCUT2D eigenvalue weighted by molar-refractivity contribution is 0.0867. The zero-order chi connectivity index (χ0) is 15.6. The molecular formula is C17H25FN2O. The molecule has 1 fully saturated rings. The molecule has 3 N–H and O–H groups in total. The third-order valence-corrected chi connectivity index (χ3v) is 4.60. The summed E-state index contributed by atoms with van der Waals surface area (Å²) >= 11 is 0. The zero-order valence-corrected chi connectivity index (χ0v) is 13.0. The van der Waals surface area contributed by atoms with E-state index in [0.717, 1.165) is 12.8 Å². The van der Waals surface area contributed by atoms with Crippen LogP contribution in [-0.4, -0.2) is 11.9 Å². The van der Waals surface area contributed by atoms with Crippen molar-refractivity contribution in [1.29, 1.82) is 0 Å². The topological polar surface area (TPSA) is 55.1 Å². The number of benzene rings is 1. The van der Waals surface area contributed by atoms with Gasteiger partial charge in [0.1, 0.15) is 5.82 Å². The molecule has 3 unspecified atom stereocenters. The summed E-state index contributed by atoms with van der Waals surface area (Å²) < 4.78 is 13.5. The van der Waals surface area contributed by atoms with Crippen LogP contribution in [-0.2, 0) is 0 Å². The van der Waals surface area contributed by atoms with Gasteiger partial charge >= 0.3 is 0 Å². The summed E-state index contributed by atoms with van der Waals surface area (Å²) in [6.45, 7) is 6.62. The maximum absolute atomic E-state index is 13.5. The fourth-order valence-corrected chi connectivity index (χ4v) is 3.29. The number of carbonyl (C=O) groups excluding carboxylic acids is 1. The molecule has 0 aromatic heterocycles. The van der Waals surface area contributed by atoms with Crippen LogP contribution >= 0.6 is 0 Å². The molecule has 1 saturated carbocycles. The molecule has 116 valence electrons. The quantitative estimate of drug-likeness (QED) is 0.836. The van der Waals surface area contributed by atoms with E-state index in [1.54, 1.807) is 6.07 Å². The first kappa shape index (κ1) is 15.8. The van der Waals surface area contributed by atoms with E-state index >= 15 is 0 Å². The third-order valence-electron chi connectivity index (χ3n) is 4.60. The Hall–Kier alpha value is -1.58. The standard InChI is InChI=1S/C17H25FN2O/c1-10(2)13-6-4-11(3)8-16(13)20-17(21)12-5-7-15(19)14(18)9-12/h5,7,9-11,13,16H,4,6,8,19H2,1-3H3,(H,20,21). The highest BCUT2D eigenvalue weighted by molar-refractivity contribution is 5.94. The number of nitrogens with one attached hydrogen (secondary N) is 1. The van der Waals surface area contributed by atoms with Crippen LogP contribution < -0.4 is 11.1 Å². The van der Waals surface area contributed by atoms with E-state index < -0.39 is 5.82 Å². The second-order valence-corrected chi connectivity index (χ2v) is 6.64. The molecule has 2 rings (SSSR count). The predicted molar refractivity (Wildman–Crippen MR) is 83.4 cm³/mol. The molecule has 1 aromatic carbocycles. The van der Waals surface area contributed by atoms with Crippen molar-refractivity contribution < 1.29 is 9.18 Å². The van der Waals surface area contributed by atoms with Crippen LogP contribution in [0.3, 0.4) is 0 Å². The van der Waals surface area contributed by atoms with Crippen molar-refractivity contribution in [2.24, 2.45) is 17.8 Å². The molecule has 1 amide bonds. The van der Waals surface area contributed by atoms with Gasteiger partial charge in [-0.25, -0.2) is 4.39 Å². The van der Waals surface area contributed by atoms with Crippen LogP contribution in [0.4, 0.5) is 10.1 Å². The third kappa shape index (κ3) is 3.74. The van der Waals surface area contributed by atoms with Crippen molar-refractivity contribution in [3.63, 3.8) is 0 Å². The fourth-order valence-electron chi connectivity index (χ4n) is 3.29. The van der Waals surface area contributed by atoms with Gasteiger partial charge in [0.15, 0.2) is 0 Å². The van der Waals surface area contributed by atoms with Gasteiger partial charge in [0, 0.05) is 11.6 Å². The molecule has 21 heavy (non-hydrogen) atoms. The van der Waals surface area contributed by atoms with Gasteiger partial charge < -0.3 is 11.1 Å². The second kappa shape index (κ2) is 6.46. The molecular weight excluding hydrogens is 267 g/mol. The Bertz CT molecular complexity index is 516. The number of halogens is 1. The Morgan fingerprint density at radius 3 is 2.71 bits per heavy atom. The number of carbonyl (C=O) groups is 1. The highest BCUT2D eigenvalue weighted by Gasteiger charge is 2.31. The first-order valence-corrected chi connectivity index (χ1v) is 7.74. The average Bonchev–Trinajstić information content (AvgIpc) is 2.41. The minimum Gasteiger partial charge on any atom is -0.396 e. The molecule has 3 nitrogen and oxygen atoms in total. The van der Waals surface area contributed by atoms with Gasteiger partial charge in [-0.1, -0.05) is 27.2 Å². The van der Waals surface area contributed by atoms with Crippen LogP contribution in [0.1, 0.15) is 50.4 Å². The summed E-state index contributed by atoms with van der Waals surface area (Å²) in [5, 5.41) is 3.10.